The van der Waals surface area contributed by atoms with Gasteiger partial charge in [-0.1, -0.05) is 23.7 Å². The second-order valence-electron chi connectivity index (χ2n) is 3.95. The van der Waals surface area contributed by atoms with Crippen LogP contribution in [0, 0.1) is 5.41 Å². The van der Waals surface area contributed by atoms with E-state index in [1.165, 1.54) is 0 Å². The molecular formula is C14H14ClN3O. The standard InChI is InChI=1S/C14H14ClN3O/c15-11-5-3-6-12(13(11)14(16)17)19-9-7-10-4-1-2-8-18-10/h1-6,8H,7,9H2,(H3,16,17). The van der Waals surface area contributed by atoms with Crippen molar-refractivity contribution in [3.05, 3.63) is 58.9 Å². The van der Waals surface area contributed by atoms with Crippen LogP contribution in [0.3, 0.4) is 0 Å². The fourth-order valence-electron chi connectivity index (χ4n) is 1.70. The summed E-state index contributed by atoms with van der Waals surface area (Å²) in [5.41, 5.74) is 6.89. The lowest BCUT2D eigenvalue weighted by Crippen LogP contribution is -2.14. The van der Waals surface area contributed by atoms with Gasteiger partial charge in [0.1, 0.15) is 11.6 Å². The monoisotopic (exact) mass is 275 g/mol. The molecule has 98 valence electrons. The van der Waals surface area contributed by atoms with Crippen LogP contribution in [-0.4, -0.2) is 17.4 Å². The molecule has 0 aliphatic carbocycles. The minimum absolute atomic E-state index is 0.0987. The number of nitrogens with zero attached hydrogens (tertiary/aromatic N) is 1. The number of hydrogen-bond acceptors (Lipinski definition) is 3. The van der Waals surface area contributed by atoms with Crippen molar-refractivity contribution in [2.45, 2.75) is 6.42 Å². The van der Waals surface area contributed by atoms with E-state index in [2.05, 4.69) is 4.98 Å². The fourth-order valence-corrected chi connectivity index (χ4v) is 1.97. The summed E-state index contributed by atoms with van der Waals surface area (Å²) >= 11 is 6.01. The zero-order valence-electron chi connectivity index (χ0n) is 10.3. The lowest BCUT2D eigenvalue weighted by Gasteiger charge is -2.11. The van der Waals surface area contributed by atoms with Crippen molar-refractivity contribution in [2.75, 3.05) is 6.61 Å². The predicted molar refractivity (Wildman–Crippen MR) is 75.9 cm³/mol. The van der Waals surface area contributed by atoms with E-state index < -0.39 is 0 Å². The molecule has 4 nitrogen and oxygen atoms in total. The Labute approximate surface area is 116 Å². The minimum Gasteiger partial charge on any atom is -0.492 e. The van der Waals surface area contributed by atoms with E-state index in [0.717, 1.165) is 5.69 Å². The maximum atomic E-state index is 7.52. The van der Waals surface area contributed by atoms with Crippen LogP contribution in [0.25, 0.3) is 0 Å². The average molecular weight is 276 g/mol. The highest BCUT2D eigenvalue weighted by molar-refractivity contribution is 6.34. The first-order valence-corrected chi connectivity index (χ1v) is 6.22. The minimum atomic E-state index is -0.0987. The highest BCUT2D eigenvalue weighted by Crippen LogP contribution is 2.25. The van der Waals surface area contributed by atoms with Gasteiger partial charge in [-0.05, 0) is 24.3 Å². The van der Waals surface area contributed by atoms with Crippen LogP contribution in [-0.2, 0) is 6.42 Å². The van der Waals surface area contributed by atoms with Crippen LogP contribution in [0.4, 0.5) is 0 Å². The summed E-state index contributed by atoms with van der Waals surface area (Å²) in [5, 5.41) is 7.94. The predicted octanol–water partition coefficient (Wildman–Crippen LogP) is 2.64. The SMILES string of the molecule is N=C(N)c1c(Cl)cccc1OCCc1ccccn1. The number of ether oxygens (including phenoxy) is 1. The van der Waals surface area contributed by atoms with E-state index >= 15 is 0 Å². The van der Waals surface area contributed by atoms with Gasteiger partial charge < -0.3 is 10.5 Å². The molecule has 0 atom stereocenters. The molecule has 1 heterocycles. The van der Waals surface area contributed by atoms with Crippen molar-refractivity contribution >= 4 is 17.4 Å². The van der Waals surface area contributed by atoms with Gasteiger partial charge in [0.05, 0.1) is 17.2 Å². The van der Waals surface area contributed by atoms with Crippen LogP contribution in [0.1, 0.15) is 11.3 Å². The van der Waals surface area contributed by atoms with Crippen LogP contribution in [0.5, 0.6) is 5.75 Å². The maximum Gasteiger partial charge on any atom is 0.131 e. The Morgan fingerprint density at radius 2 is 2.11 bits per heavy atom. The first kappa shape index (κ1) is 13.4. The molecule has 0 radical (unpaired) electrons. The van der Waals surface area contributed by atoms with Crippen molar-refractivity contribution in [2.24, 2.45) is 5.73 Å². The second kappa shape index (κ2) is 6.20. The van der Waals surface area contributed by atoms with Gasteiger partial charge in [0.15, 0.2) is 0 Å². The number of hydrogen-bond donors (Lipinski definition) is 2. The van der Waals surface area contributed by atoms with Crippen LogP contribution < -0.4 is 10.5 Å². The average Bonchev–Trinajstić information content (AvgIpc) is 2.39. The van der Waals surface area contributed by atoms with Gasteiger partial charge in [-0.15, -0.1) is 0 Å². The number of aromatic nitrogens is 1. The molecule has 0 aliphatic rings. The zero-order chi connectivity index (χ0) is 13.7. The maximum absolute atomic E-state index is 7.52. The Hall–Kier alpha value is -2.07. The summed E-state index contributed by atoms with van der Waals surface area (Å²) in [4.78, 5) is 4.21. The van der Waals surface area contributed by atoms with Gasteiger partial charge in [0.25, 0.3) is 0 Å². The highest BCUT2D eigenvalue weighted by atomic mass is 35.5. The summed E-state index contributed by atoms with van der Waals surface area (Å²) in [6.07, 6.45) is 2.43. The molecule has 1 aromatic heterocycles. The number of halogens is 1. The van der Waals surface area contributed by atoms with Crippen LogP contribution in [0.15, 0.2) is 42.6 Å². The Kier molecular flexibility index (Phi) is 4.36. The first-order valence-electron chi connectivity index (χ1n) is 5.84. The molecule has 0 amide bonds. The summed E-state index contributed by atoms with van der Waals surface area (Å²) in [6, 6.07) is 10.9. The fraction of sp³-hybridized carbons (Fsp3) is 0.143. The van der Waals surface area contributed by atoms with Crippen molar-refractivity contribution in [3.63, 3.8) is 0 Å². The highest BCUT2D eigenvalue weighted by Gasteiger charge is 2.10. The van der Waals surface area contributed by atoms with Crippen molar-refractivity contribution in [3.8, 4) is 5.75 Å². The van der Waals surface area contributed by atoms with E-state index in [4.69, 9.17) is 27.5 Å². The summed E-state index contributed by atoms with van der Waals surface area (Å²) in [5.74, 6) is 0.425. The molecular weight excluding hydrogens is 262 g/mol. The number of rotatable bonds is 5. The largest absolute Gasteiger partial charge is 0.492 e. The van der Waals surface area contributed by atoms with Crippen LogP contribution >= 0.6 is 11.6 Å². The quantitative estimate of drug-likeness (QED) is 0.651. The number of pyridine rings is 1. The third-order valence-electron chi connectivity index (χ3n) is 2.59. The third kappa shape index (κ3) is 3.45. The molecule has 0 fully saturated rings. The smallest absolute Gasteiger partial charge is 0.131 e. The van der Waals surface area contributed by atoms with Crippen LogP contribution in [0.2, 0.25) is 5.02 Å². The van der Waals surface area contributed by atoms with Crippen molar-refractivity contribution in [1.82, 2.24) is 4.98 Å². The van der Waals surface area contributed by atoms with Gasteiger partial charge in [-0.3, -0.25) is 10.4 Å². The van der Waals surface area contributed by atoms with E-state index in [1.54, 1.807) is 24.4 Å². The van der Waals surface area contributed by atoms with Crippen molar-refractivity contribution in [1.29, 1.82) is 5.41 Å². The van der Waals surface area contributed by atoms with E-state index in [1.807, 2.05) is 18.2 Å². The van der Waals surface area contributed by atoms with E-state index in [0.29, 0.717) is 29.4 Å². The normalized spacial score (nSPS) is 10.2. The number of benzene rings is 1. The molecule has 0 saturated heterocycles. The summed E-state index contributed by atoms with van der Waals surface area (Å²) in [7, 11) is 0. The first-order chi connectivity index (χ1) is 9.18. The number of amidine groups is 1. The Morgan fingerprint density at radius 3 is 2.79 bits per heavy atom. The summed E-state index contributed by atoms with van der Waals surface area (Å²) in [6.45, 7) is 0.456. The van der Waals surface area contributed by atoms with Gasteiger partial charge in [-0.25, -0.2) is 0 Å². The second-order valence-corrected chi connectivity index (χ2v) is 4.35. The Bertz CT molecular complexity index is 572. The van der Waals surface area contributed by atoms with Gasteiger partial charge in [0, 0.05) is 18.3 Å². The number of nitrogens with one attached hydrogen (secondary N) is 1. The number of nitrogens with two attached hydrogens (primary N) is 1. The Morgan fingerprint density at radius 1 is 1.26 bits per heavy atom. The third-order valence-corrected chi connectivity index (χ3v) is 2.90. The molecule has 3 N–H and O–H groups in total. The lowest BCUT2D eigenvalue weighted by molar-refractivity contribution is 0.320. The molecule has 2 rings (SSSR count). The molecule has 0 bridgehead atoms. The molecule has 5 heteroatoms. The molecule has 19 heavy (non-hydrogen) atoms. The molecule has 0 aliphatic heterocycles. The molecule has 1 aromatic carbocycles. The summed E-state index contributed by atoms with van der Waals surface area (Å²) < 4.78 is 5.64. The topological polar surface area (TPSA) is 72.0 Å². The van der Waals surface area contributed by atoms with Crippen molar-refractivity contribution < 1.29 is 4.74 Å². The Balaban J connectivity index is 2.04. The zero-order valence-corrected chi connectivity index (χ0v) is 11.0. The van der Waals surface area contributed by atoms with Gasteiger partial charge in [0.2, 0.25) is 0 Å². The van der Waals surface area contributed by atoms with E-state index in [-0.39, 0.29) is 5.84 Å². The van der Waals surface area contributed by atoms with Gasteiger partial charge in [-0.2, -0.15) is 0 Å². The lowest BCUT2D eigenvalue weighted by atomic mass is 10.2. The van der Waals surface area contributed by atoms with E-state index in [9.17, 15) is 0 Å². The molecule has 0 saturated carbocycles. The molecule has 0 spiro atoms. The molecule has 2 aromatic rings. The van der Waals surface area contributed by atoms with Gasteiger partial charge >= 0.3 is 0 Å². The number of nitrogen functional groups attached to an aromatic ring is 1. The molecule has 0 unspecified atom stereocenters.